The standard InChI is InChI=1S/C12H21N3O5/c1-2-14(6-9-4-3-5-20-9)12(19)15(7-10(13)16)8-11(17)18/h9H,2-8H2,1H3,(H2,13,16)(H,17,18). The van der Waals surface area contributed by atoms with Crippen LogP contribution in [0.4, 0.5) is 4.79 Å². The van der Waals surface area contributed by atoms with Crippen molar-refractivity contribution in [3.8, 4) is 0 Å². The lowest BCUT2D eigenvalue weighted by Crippen LogP contribution is -2.50. The molecule has 1 atom stereocenters. The number of carbonyl (C=O) groups is 3. The van der Waals surface area contributed by atoms with Gasteiger partial charge in [-0.2, -0.15) is 0 Å². The van der Waals surface area contributed by atoms with Gasteiger partial charge in [-0.05, 0) is 19.8 Å². The summed E-state index contributed by atoms with van der Waals surface area (Å²) in [6.07, 6.45) is 1.80. The van der Waals surface area contributed by atoms with Crippen LogP contribution in [-0.2, 0) is 14.3 Å². The van der Waals surface area contributed by atoms with Crippen LogP contribution in [0.1, 0.15) is 19.8 Å². The van der Waals surface area contributed by atoms with Crippen LogP contribution in [0.2, 0.25) is 0 Å². The van der Waals surface area contributed by atoms with Crippen molar-refractivity contribution in [1.29, 1.82) is 0 Å². The van der Waals surface area contributed by atoms with Gasteiger partial charge in [-0.25, -0.2) is 4.79 Å². The zero-order valence-corrected chi connectivity index (χ0v) is 11.6. The van der Waals surface area contributed by atoms with E-state index in [9.17, 15) is 14.4 Å². The third-order valence-corrected chi connectivity index (χ3v) is 3.04. The fourth-order valence-electron chi connectivity index (χ4n) is 2.12. The first-order chi connectivity index (χ1) is 9.43. The number of carboxylic acid groups (broad SMARTS) is 1. The van der Waals surface area contributed by atoms with Crippen LogP contribution in [0.3, 0.4) is 0 Å². The molecule has 0 saturated carbocycles. The van der Waals surface area contributed by atoms with Gasteiger partial charge in [-0.15, -0.1) is 0 Å². The largest absolute Gasteiger partial charge is 0.480 e. The minimum atomic E-state index is -1.19. The molecule has 0 aromatic rings. The smallest absolute Gasteiger partial charge is 0.323 e. The highest BCUT2D eigenvalue weighted by Crippen LogP contribution is 2.14. The van der Waals surface area contributed by atoms with Crippen molar-refractivity contribution < 1.29 is 24.2 Å². The minimum Gasteiger partial charge on any atom is -0.480 e. The summed E-state index contributed by atoms with van der Waals surface area (Å²) in [5.74, 6) is -1.93. The Bertz CT molecular complexity index is 352. The maximum absolute atomic E-state index is 12.3. The Morgan fingerprint density at radius 3 is 2.45 bits per heavy atom. The van der Waals surface area contributed by atoms with Gasteiger partial charge in [0.05, 0.1) is 6.10 Å². The van der Waals surface area contributed by atoms with Gasteiger partial charge in [0.15, 0.2) is 0 Å². The SMILES string of the molecule is CCN(CC1CCCO1)C(=O)N(CC(N)=O)CC(=O)O. The molecule has 0 aliphatic carbocycles. The van der Waals surface area contributed by atoms with Crippen LogP contribution in [0, 0.1) is 0 Å². The Hall–Kier alpha value is -1.83. The number of ether oxygens (including phenoxy) is 1. The van der Waals surface area contributed by atoms with E-state index < -0.39 is 31.0 Å². The van der Waals surface area contributed by atoms with E-state index in [2.05, 4.69) is 0 Å². The Morgan fingerprint density at radius 1 is 1.30 bits per heavy atom. The van der Waals surface area contributed by atoms with Gasteiger partial charge in [-0.3, -0.25) is 9.59 Å². The number of carboxylic acids is 1. The van der Waals surface area contributed by atoms with Crippen molar-refractivity contribution in [3.63, 3.8) is 0 Å². The van der Waals surface area contributed by atoms with E-state index in [0.717, 1.165) is 17.7 Å². The van der Waals surface area contributed by atoms with E-state index in [1.807, 2.05) is 0 Å². The molecule has 8 heteroatoms. The highest BCUT2D eigenvalue weighted by molar-refractivity contribution is 5.86. The third-order valence-electron chi connectivity index (χ3n) is 3.04. The zero-order chi connectivity index (χ0) is 15.1. The van der Waals surface area contributed by atoms with E-state index in [1.165, 1.54) is 4.90 Å². The summed E-state index contributed by atoms with van der Waals surface area (Å²) in [6.45, 7) is 2.31. The number of hydrogen-bond donors (Lipinski definition) is 2. The molecule has 0 aromatic heterocycles. The van der Waals surface area contributed by atoms with E-state index in [1.54, 1.807) is 6.92 Å². The second-order valence-corrected chi connectivity index (χ2v) is 4.67. The maximum atomic E-state index is 12.3. The molecule has 1 rings (SSSR count). The van der Waals surface area contributed by atoms with Crippen LogP contribution >= 0.6 is 0 Å². The first kappa shape index (κ1) is 16.2. The van der Waals surface area contributed by atoms with Crippen molar-refractivity contribution in [2.24, 2.45) is 5.73 Å². The van der Waals surface area contributed by atoms with E-state index in [0.29, 0.717) is 19.7 Å². The molecule has 1 fully saturated rings. The Morgan fingerprint density at radius 2 is 2.00 bits per heavy atom. The molecule has 1 aliphatic rings. The average Bonchev–Trinajstić information content (AvgIpc) is 2.86. The molecule has 1 heterocycles. The van der Waals surface area contributed by atoms with Crippen LogP contribution in [0.15, 0.2) is 0 Å². The number of primary amides is 1. The summed E-state index contributed by atoms with van der Waals surface area (Å²) in [5, 5.41) is 8.80. The Labute approximate surface area is 117 Å². The first-order valence-corrected chi connectivity index (χ1v) is 6.59. The number of aliphatic carboxylic acids is 1. The number of rotatable bonds is 7. The Kier molecular flexibility index (Phi) is 6.23. The van der Waals surface area contributed by atoms with E-state index >= 15 is 0 Å². The van der Waals surface area contributed by atoms with Gasteiger partial charge in [0.1, 0.15) is 13.1 Å². The number of carbonyl (C=O) groups excluding carboxylic acids is 2. The summed E-state index contributed by atoms with van der Waals surface area (Å²) in [7, 11) is 0. The Balaban J connectivity index is 2.67. The fraction of sp³-hybridized carbons (Fsp3) is 0.750. The van der Waals surface area contributed by atoms with Crippen LogP contribution < -0.4 is 5.73 Å². The number of nitrogens with two attached hydrogens (primary N) is 1. The second-order valence-electron chi connectivity index (χ2n) is 4.67. The average molecular weight is 287 g/mol. The summed E-state index contributed by atoms with van der Waals surface area (Å²) < 4.78 is 5.46. The van der Waals surface area contributed by atoms with Crippen LogP contribution in [0.25, 0.3) is 0 Å². The number of likely N-dealkylation sites (N-methyl/N-ethyl adjacent to an activating group) is 1. The molecular formula is C12H21N3O5. The van der Waals surface area contributed by atoms with Gasteiger partial charge >= 0.3 is 12.0 Å². The second kappa shape index (κ2) is 7.68. The van der Waals surface area contributed by atoms with Gasteiger partial charge in [0, 0.05) is 19.7 Å². The lowest BCUT2D eigenvalue weighted by Gasteiger charge is -2.29. The number of urea groups is 1. The maximum Gasteiger partial charge on any atom is 0.323 e. The van der Waals surface area contributed by atoms with Gasteiger partial charge in [0.2, 0.25) is 5.91 Å². The molecule has 0 spiro atoms. The molecule has 0 bridgehead atoms. The highest BCUT2D eigenvalue weighted by Gasteiger charge is 2.27. The highest BCUT2D eigenvalue weighted by atomic mass is 16.5. The lowest BCUT2D eigenvalue weighted by atomic mass is 10.2. The molecule has 0 radical (unpaired) electrons. The van der Waals surface area contributed by atoms with Crippen molar-refractivity contribution >= 4 is 17.9 Å². The molecule has 3 N–H and O–H groups in total. The molecule has 0 aromatic carbocycles. The molecular weight excluding hydrogens is 266 g/mol. The van der Waals surface area contributed by atoms with Crippen molar-refractivity contribution in [3.05, 3.63) is 0 Å². The zero-order valence-electron chi connectivity index (χ0n) is 11.6. The van der Waals surface area contributed by atoms with Crippen molar-refractivity contribution in [2.75, 3.05) is 32.8 Å². The fourth-order valence-corrected chi connectivity index (χ4v) is 2.12. The molecule has 114 valence electrons. The molecule has 3 amide bonds. The lowest BCUT2D eigenvalue weighted by molar-refractivity contribution is -0.138. The van der Waals surface area contributed by atoms with Crippen molar-refractivity contribution in [1.82, 2.24) is 9.80 Å². The normalized spacial score (nSPS) is 17.8. The number of amides is 3. The molecule has 1 aliphatic heterocycles. The van der Waals surface area contributed by atoms with E-state index in [4.69, 9.17) is 15.6 Å². The monoisotopic (exact) mass is 287 g/mol. The quantitative estimate of drug-likeness (QED) is 0.654. The van der Waals surface area contributed by atoms with E-state index in [-0.39, 0.29) is 6.10 Å². The number of hydrogen-bond acceptors (Lipinski definition) is 4. The van der Waals surface area contributed by atoms with Gasteiger partial charge < -0.3 is 25.4 Å². The topological polar surface area (TPSA) is 113 Å². The van der Waals surface area contributed by atoms with Gasteiger partial charge in [-0.1, -0.05) is 0 Å². The van der Waals surface area contributed by atoms with Crippen molar-refractivity contribution in [2.45, 2.75) is 25.9 Å². The number of nitrogens with zero attached hydrogens (tertiary/aromatic N) is 2. The summed E-state index contributed by atoms with van der Waals surface area (Å²) >= 11 is 0. The van der Waals surface area contributed by atoms with Gasteiger partial charge in [0.25, 0.3) is 0 Å². The molecule has 1 unspecified atom stereocenters. The predicted molar refractivity (Wildman–Crippen MR) is 70.0 cm³/mol. The molecule has 1 saturated heterocycles. The van der Waals surface area contributed by atoms with Crippen LogP contribution in [-0.4, -0.2) is 71.7 Å². The molecule has 20 heavy (non-hydrogen) atoms. The minimum absolute atomic E-state index is 0.0286. The van der Waals surface area contributed by atoms with Crippen LogP contribution in [0.5, 0.6) is 0 Å². The summed E-state index contributed by atoms with van der Waals surface area (Å²) in [4.78, 5) is 36.4. The summed E-state index contributed by atoms with van der Waals surface area (Å²) in [5.41, 5.74) is 5.04. The first-order valence-electron chi connectivity index (χ1n) is 6.59. The predicted octanol–water partition coefficient (Wildman–Crippen LogP) is -0.521. The molecule has 8 nitrogen and oxygen atoms in total. The third kappa shape index (κ3) is 5.04. The summed E-state index contributed by atoms with van der Waals surface area (Å²) in [6, 6.07) is -0.510.